The molecule has 120 valence electrons. The van der Waals surface area contributed by atoms with Gasteiger partial charge in [-0.25, -0.2) is 0 Å². The summed E-state index contributed by atoms with van der Waals surface area (Å²) in [5.74, 6) is 0.724. The molecule has 1 aromatic carbocycles. The number of aromatic amines is 1. The normalized spacial score (nSPS) is 9.95. The Balaban J connectivity index is 0.00000242. The van der Waals surface area contributed by atoms with Crippen LogP contribution in [0.3, 0.4) is 0 Å². The Hall–Kier alpha value is -2.05. The van der Waals surface area contributed by atoms with Gasteiger partial charge in [-0.1, -0.05) is 0 Å². The summed E-state index contributed by atoms with van der Waals surface area (Å²) in [6, 6.07) is 7.51. The van der Waals surface area contributed by atoms with Gasteiger partial charge in [0.15, 0.2) is 0 Å². The molecule has 0 radical (unpaired) electrons. The van der Waals surface area contributed by atoms with Gasteiger partial charge in [0.1, 0.15) is 5.75 Å². The molecule has 0 bridgehead atoms. The van der Waals surface area contributed by atoms with Crippen LogP contribution in [0.25, 0.3) is 11.3 Å². The van der Waals surface area contributed by atoms with E-state index in [-0.39, 0.29) is 18.3 Å². The molecule has 0 spiro atoms. The molecule has 0 saturated heterocycles. The molecule has 22 heavy (non-hydrogen) atoms. The van der Waals surface area contributed by atoms with Crippen molar-refractivity contribution >= 4 is 18.3 Å². The number of H-pyrrole nitrogens is 1. The van der Waals surface area contributed by atoms with Gasteiger partial charge in [-0.2, -0.15) is 5.10 Å². The van der Waals surface area contributed by atoms with Crippen molar-refractivity contribution < 1.29 is 9.53 Å². The molecular weight excluding hydrogens is 304 g/mol. The number of ether oxygens (including phenoxy) is 1. The van der Waals surface area contributed by atoms with E-state index in [2.05, 4.69) is 15.5 Å². The zero-order valence-electron chi connectivity index (χ0n) is 12.9. The van der Waals surface area contributed by atoms with Crippen molar-refractivity contribution in [2.75, 3.05) is 34.3 Å². The number of carbonyl (C=O) groups excluding carboxylic acids is 1. The van der Waals surface area contributed by atoms with E-state index in [1.165, 1.54) is 0 Å². The summed E-state index contributed by atoms with van der Waals surface area (Å²) in [5.41, 5.74) is 2.19. The molecule has 0 unspecified atom stereocenters. The number of carbonyl (C=O) groups is 1. The van der Waals surface area contributed by atoms with E-state index in [1.807, 2.05) is 31.3 Å². The summed E-state index contributed by atoms with van der Waals surface area (Å²) in [7, 11) is 5.26. The standard InChI is InChI=1S/C15H20N4O2.ClH/c1-16-8-9-19(2)15(20)13-10-17-18-14(13)11-4-6-12(21-3)7-5-11;/h4-7,10,16H,8-9H2,1-3H3,(H,17,18);1H. The highest BCUT2D eigenvalue weighted by atomic mass is 35.5. The highest BCUT2D eigenvalue weighted by Crippen LogP contribution is 2.24. The molecule has 0 aliphatic heterocycles. The maximum absolute atomic E-state index is 12.4. The Labute approximate surface area is 136 Å². The zero-order valence-corrected chi connectivity index (χ0v) is 13.7. The fourth-order valence-corrected chi connectivity index (χ4v) is 2.01. The molecule has 7 heteroatoms. The van der Waals surface area contributed by atoms with Crippen molar-refractivity contribution in [1.29, 1.82) is 0 Å². The van der Waals surface area contributed by atoms with Crippen LogP contribution in [0.15, 0.2) is 30.5 Å². The Kier molecular flexibility index (Phi) is 6.88. The van der Waals surface area contributed by atoms with Gasteiger partial charge in [-0.15, -0.1) is 12.4 Å². The largest absolute Gasteiger partial charge is 0.497 e. The zero-order chi connectivity index (χ0) is 15.2. The Bertz CT molecular complexity index is 598. The first-order valence-electron chi connectivity index (χ1n) is 6.75. The van der Waals surface area contributed by atoms with E-state index >= 15 is 0 Å². The van der Waals surface area contributed by atoms with Crippen LogP contribution >= 0.6 is 12.4 Å². The van der Waals surface area contributed by atoms with Crippen LogP contribution in [0.2, 0.25) is 0 Å². The number of likely N-dealkylation sites (N-methyl/N-ethyl adjacent to an activating group) is 2. The number of amides is 1. The van der Waals surface area contributed by atoms with E-state index in [0.717, 1.165) is 23.6 Å². The Morgan fingerprint density at radius 2 is 2.05 bits per heavy atom. The van der Waals surface area contributed by atoms with Gasteiger partial charge in [-0.3, -0.25) is 9.89 Å². The van der Waals surface area contributed by atoms with Gasteiger partial charge in [0.05, 0.1) is 24.6 Å². The van der Waals surface area contributed by atoms with Crippen LogP contribution in [0, 0.1) is 0 Å². The molecule has 0 saturated carbocycles. The minimum absolute atomic E-state index is 0. The van der Waals surface area contributed by atoms with Gasteiger partial charge < -0.3 is 15.0 Å². The molecule has 2 aromatic rings. The lowest BCUT2D eigenvalue weighted by Gasteiger charge is -2.16. The first kappa shape index (κ1) is 18.0. The molecule has 2 N–H and O–H groups in total. The highest BCUT2D eigenvalue weighted by molar-refractivity contribution is 5.99. The number of aromatic nitrogens is 2. The number of rotatable bonds is 6. The summed E-state index contributed by atoms with van der Waals surface area (Å²) in [4.78, 5) is 14.1. The fourth-order valence-electron chi connectivity index (χ4n) is 2.01. The van der Waals surface area contributed by atoms with Crippen LogP contribution in [-0.4, -0.2) is 55.3 Å². The number of methoxy groups -OCH3 is 1. The average molecular weight is 325 g/mol. The van der Waals surface area contributed by atoms with Gasteiger partial charge in [0.2, 0.25) is 0 Å². The first-order chi connectivity index (χ1) is 10.2. The van der Waals surface area contributed by atoms with E-state index < -0.39 is 0 Å². The summed E-state index contributed by atoms with van der Waals surface area (Å²) in [5, 5.41) is 9.93. The molecule has 1 amide bonds. The quantitative estimate of drug-likeness (QED) is 0.850. The molecule has 6 nitrogen and oxygen atoms in total. The molecular formula is C15H21ClN4O2. The van der Waals surface area contributed by atoms with E-state index in [4.69, 9.17) is 4.74 Å². The summed E-state index contributed by atoms with van der Waals surface area (Å²) in [6.07, 6.45) is 1.57. The number of nitrogens with one attached hydrogen (secondary N) is 2. The summed E-state index contributed by atoms with van der Waals surface area (Å²) in [6.45, 7) is 1.39. The van der Waals surface area contributed by atoms with Crippen molar-refractivity contribution in [2.45, 2.75) is 0 Å². The minimum atomic E-state index is -0.0511. The average Bonchev–Trinajstić information content (AvgIpc) is 3.01. The summed E-state index contributed by atoms with van der Waals surface area (Å²) >= 11 is 0. The predicted molar refractivity (Wildman–Crippen MR) is 88.7 cm³/mol. The summed E-state index contributed by atoms with van der Waals surface area (Å²) < 4.78 is 5.14. The van der Waals surface area contributed by atoms with E-state index in [1.54, 1.807) is 25.3 Å². The van der Waals surface area contributed by atoms with Crippen molar-refractivity contribution in [2.24, 2.45) is 0 Å². The number of nitrogens with zero attached hydrogens (tertiary/aromatic N) is 2. The molecule has 0 fully saturated rings. The minimum Gasteiger partial charge on any atom is -0.497 e. The van der Waals surface area contributed by atoms with Gasteiger partial charge in [0, 0.05) is 25.7 Å². The molecule has 2 rings (SSSR count). The monoisotopic (exact) mass is 324 g/mol. The van der Waals surface area contributed by atoms with Crippen molar-refractivity contribution in [3.8, 4) is 17.0 Å². The number of halogens is 1. The van der Waals surface area contributed by atoms with Gasteiger partial charge in [0.25, 0.3) is 5.91 Å². The van der Waals surface area contributed by atoms with Crippen molar-refractivity contribution in [1.82, 2.24) is 20.4 Å². The van der Waals surface area contributed by atoms with Crippen LogP contribution in [0.1, 0.15) is 10.4 Å². The van der Waals surface area contributed by atoms with Crippen LogP contribution < -0.4 is 10.1 Å². The van der Waals surface area contributed by atoms with Crippen LogP contribution in [0.4, 0.5) is 0 Å². The molecule has 1 aromatic heterocycles. The second-order valence-electron chi connectivity index (χ2n) is 4.72. The van der Waals surface area contributed by atoms with Crippen LogP contribution in [0.5, 0.6) is 5.75 Å². The lowest BCUT2D eigenvalue weighted by molar-refractivity contribution is 0.0797. The highest BCUT2D eigenvalue weighted by Gasteiger charge is 2.18. The lowest BCUT2D eigenvalue weighted by Crippen LogP contribution is -2.32. The molecule has 0 aliphatic carbocycles. The third-order valence-corrected chi connectivity index (χ3v) is 3.29. The maximum atomic E-state index is 12.4. The van der Waals surface area contributed by atoms with Gasteiger partial charge >= 0.3 is 0 Å². The van der Waals surface area contributed by atoms with E-state index in [9.17, 15) is 4.79 Å². The topological polar surface area (TPSA) is 70.2 Å². The number of benzene rings is 1. The van der Waals surface area contributed by atoms with Crippen molar-refractivity contribution in [3.05, 3.63) is 36.0 Å². The smallest absolute Gasteiger partial charge is 0.257 e. The molecule has 0 atom stereocenters. The molecule has 0 aliphatic rings. The predicted octanol–water partition coefficient (Wildman–Crippen LogP) is 1.80. The second kappa shape index (κ2) is 8.41. The van der Waals surface area contributed by atoms with E-state index in [0.29, 0.717) is 12.1 Å². The van der Waals surface area contributed by atoms with Crippen LogP contribution in [-0.2, 0) is 0 Å². The first-order valence-corrected chi connectivity index (χ1v) is 6.75. The second-order valence-corrected chi connectivity index (χ2v) is 4.72. The van der Waals surface area contributed by atoms with Crippen molar-refractivity contribution in [3.63, 3.8) is 0 Å². The molecule has 1 heterocycles. The fraction of sp³-hybridized carbons (Fsp3) is 0.333. The Morgan fingerprint density at radius 3 is 2.64 bits per heavy atom. The number of hydrogen-bond donors (Lipinski definition) is 2. The van der Waals surface area contributed by atoms with Gasteiger partial charge in [-0.05, 0) is 31.3 Å². The Morgan fingerprint density at radius 1 is 1.36 bits per heavy atom. The lowest BCUT2D eigenvalue weighted by atomic mass is 10.1. The third-order valence-electron chi connectivity index (χ3n) is 3.29. The third kappa shape index (κ3) is 3.99. The SMILES string of the molecule is CNCCN(C)C(=O)c1cn[nH]c1-c1ccc(OC)cc1.Cl. The number of hydrogen-bond acceptors (Lipinski definition) is 4. The maximum Gasteiger partial charge on any atom is 0.257 e.